The highest BCUT2D eigenvalue weighted by atomic mass is 19.1. The van der Waals surface area contributed by atoms with Gasteiger partial charge in [-0.2, -0.15) is 0 Å². The normalized spacial score (nSPS) is 24.0. The lowest BCUT2D eigenvalue weighted by Gasteiger charge is -2.26. The van der Waals surface area contributed by atoms with E-state index >= 15 is 0 Å². The maximum absolute atomic E-state index is 13.9. The molecule has 4 aromatic rings. The fraction of sp³-hybridized carbons (Fsp3) is 0.241. The number of aryl methyl sites for hydroxylation is 1. The van der Waals surface area contributed by atoms with Crippen molar-refractivity contribution in [3.8, 4) is 22.4 Å². The van der Waals surface area contributed by atoms with Crippen LogP contribution in [-0.2, 0) is 4.79 Å². The third kappa shape index (κ3) is 3.71. The van der Waals surface area contributed by atoms with Crippen LogP contribution >= 0.6 is 0 Å². The van der Waals surface area contributed by atoms with Gasteiger partial charge in [0.05, 0.1) is 23.3 Å². The standard InChI is InChI=1S/C29H26FN5O2/c1-15-12-17(6-10-23(15)30)25-22(4-3-11-32-25)18-5-7-19-13-33-28(35(19)14-18)29(37)34-26-21-9-8-20(16(21)2)24(26)27(31)36/h3-14,16,20-21,24,26H,1-2H3,(H2,31,36)(H,34,37)/t16?,20?,21?,24-,26+/m0/s1. The van der Waals surface area contributed by atoms with Crippen LogP contribution < -0.4 is 11.1 Å². The van der Waals surface area contributed by atoms with Crippen molar-refractivity contribution in [3.05, 3.63) is 90.4 Å². The third-order valence-corrected chi connectivity index (χ3v) is 7.89. The predicted octanol–water partition coefficient (Wildman–Crippen LogP) is 4.16. The zero-order valence-corrected chi connectivity index (χ0v) is 20.4. The number of amides is 2. The van der Waals surface area contributed by atoms with Gasteiger partial charge in [0, 0.05) is 41.0 Å². The summed E-state index contributed by atoms with van der Waals surface area (Å²) in [5, 5.41) is 3.05. The van der Waals surface area contributed by atoms with Gasteiger partial charge in [-0.25, -0.2) is 9.37 Å². The fourth-order valence-corrected chi connectivity index (χ4v) is 5.98. The Bertz CT molecular complexity index is 1590. The van der Waals surface area contributed by atoms with Crippen LogP contribution in [0.2, 0.25) is 0 Å². The molecule has 2 aliphatic carbocycles. The third-order valence-electron chi connectivity index (χ3n) is 7.89. The van der Waals surface area contributed by atoms with Gasteiger partial charge in [0.25, 0.3) is 5.91 Å². The van der Waals surface area contributed by atoms with Crippen LogP contribution in [0.5, 0.6) is 0 Å². The number of halogens is 1. The second-order valence-corrected chi connectivity index (χ2v) is 9.98. The topological polar surface area (TPSA) is 102 Å². The molecule has 8 heteroatoms. The molecule has 186 valence electrons. The molecular formula is C29H26FN5O2. The summed E-state index contributed by atoms with van der Waals surface area (Å²) < 4.78 is 15.6. The van der Waals surface area contributed by atoms with Crippen LogP contribution in [0.25, 0.3) is 27.9 Å². The molecule has 1 saturated carbocycles. The van der Waals surface area contributed by atoms with E-state index in [-0.39, 0.29) is 41.3 Å². The van der Waals surface area contributed by atoms with Crippen LogP contribution in [-0.4, -0.2) is 32.2 Å². The summed E-state index contributed by atoms with van der Waals surface area (Å²) in [5.41, 5.74) is 10.2. The first kappa shape index (κ1) is 23.1. The lowest BCUT2D eigenvalue weighted by molar-refractivity contribution is -0.123. The van der Waals surface area contributed by atoms with Gasteiger partial charge in [-0.05, 0) is 54.7 Å². The van der Waals surface area contributed by atoms with E-state index in [1.54, 1.807) is 35.9 Å². The van der Waals surface area contributed by atoms with Crippen LogP contribution in [0.4, 0.5) is 4.39 Å². The number of primary amides is 1. The van der Waals surface area contributed by atoms with Gasteiger partial charge in [0.15, 0.2) is 0 Å². The Labute approximate surface area is 213 Å². The molecule has 0 spiro atoms. The van der Waals surface area contributed by atoms with Gasteiger partial charge >= 0.3 is 0 Å². The zero-order valence-electron chi connectivity index (χ0n) is 20.4. The number of allylic oxidation sites excluding steroid dienone is 1. The van der Waals surface area contributed by atoms with Crippen LogP contribution in [0.15, 0.2) is 73.2 Å². The average molecular weight is 496 g/mol. The number of pyridine rings is 2. The molecule has 3 N–H and O–H groups in total. The Balaban J connectivity index is 1.36. The molecule has 0 aliphatic heterocycles. The number of benzene rings is 1. The van der Waals surface area contributed by atoms with Gasteiger partial charge in [0.1, 0.15) is 5.82 Å². The summed E-state index contributed by atoms with van der Waals surface area (Å²) >= 11 is 0. The number of aromatic nitrogens is 3. The van der Waals surface area contributed by atoms with Crippen molar-refractivity contribution < 1.29 is 14.0 Å². The van der Waals surface area contributed by atoms with Gasteiger partial charge in [-0.3, -0.25) is 19.0 Å². The Hall–Kier alpha value is -4.33. The van der Waals surface area contributed by atoms with Gasteiger partial charge < -0.3 is 11.1 Å². The van der Waals surface area contributed by atoms with E-state index in [0.29, 0.717) is 11.3 Å². The number of carbonyl (C=O) groups excluding carboxylic acids is 2. The monoisotopic (exact) mass is 495 g/mol. The maximum Gasteiger partial charge on any atom is 0.287 e. The highest BCUT2D eigenvalue weighted by molar-refractivity contribution is 5.93. The van der Waals surface area contributed by atoms with E-state index < -0.39 is 11.8 Å². The molecule has 6 rings (SSSR count). The highest BCUT2D eigenvalue weighted by Gasteiger charge is 2.52. The van der Waals surface area contributed by atoms with Crippen molar-refractivity contribution in [1.29, 1.82) is 0 Å². The van der Waals surface area contributed by atoms with Crippen molar-refractivity contribution in [2.24, 2.45) is 29.4 Å². The number of hydrogen-bond acceptors (Lipinski definition) is 4. The zero-order chi connectivity index (χ0) is 25.8. The summed E-state index contributed by atoms with van der Waals surface area (Å²) in [6, 6.07) is 12.2. The molecule has 3 aromatic heterocycles. The van der Waals surface area contributed by atoms with E-state index in [0.717, 1.165) is 22.2 Å². The van der Waals surface area contributed by atoms with Crippen molar-refractivity contribution in [2.45, 2.75) is 19.9 Å². The molecule has 2 amide bonds. The number of nitrogens with zero attached hydrogens (tertiary/aromatic N) is 3. The molecule has 2 aliphatic rings. The van der Waals surface area contributed by atoms with Gasteiger partial charge in [-0.1, -0.05) is 31.2 Å². The van der Waals surface area contributed by atoms with Crippen molar-refractivity contribution >= 4 is 17.3 Å². The predicted molar refractivity (Wildman–Crippen MR) is 138 cm³/mol. The number of hydrogen-bond donors (Lipinski definition) is 2. The molecule has 3 heterocycles. The Morgan fingerprint density at radius 2 is 1.84 bits per heavy atom. The molecule has 0 radical (unpaired) electrons. The van der Waals surface area contributed by atoms with E-state index in [1.807, 2.05) is 36.5 Å². The first-order valence-electron chi connectivity index (χ1n) is 12.3. The minimum absolute atomic E-state index is 0.0375. The van der Waals surface area contributed by atoms with Crippen LogP contribution in [0, 0.1) is 36.4 Å². The summed E-state index contributed by atoms with van der Waals surface area (Å²) in [6.07, 6.45) is 9.30. The second-order valence-electron chi connectivity index (χ2n) is 9.98. The molecular weight excluding hydrogens is 469 g/mol. The smallest absolute Gasteiger partial charge is 0.287 e. The highest BCUT2D eigenvalue weighted by Crippen LogP contribution is 2.48. The molecule has 2 bridgehead atoms. The summed E-state index contributed by atoms with van der Waals surface area (Å²) in [4.78, 5) is 34.6. The van der Waals surface area contributed by atoms with E-state index in [4.69, 9.17) is 5.73 Å². The summed E-state index contributed by atoms with van der Waals surface area (Å²) in [5.74, 6) is -0.899. The summed E-state index contributed by atoms with van der Waals surface area (Å²) in [6.45, 7) is 3.81. The van der Waals surface area contributed by atoms with Crippen molar-refractivity contribution in [2.75, 3.05) is 0 Å². The largest absolute Gasteiger partial charge is 0.369 e. The molecule has 5 atom stereocenters. The molecule has 7 nitrogen and oxygen atoms in total. The number of imidazole rings is 1. The van der Waals surface area contributed by atoms with E-state index in [9.17, 15) is 14.0 Å². The molecule has 0 saturated heterocycles. The molecule has 3 unspecified atom stereocenters. The van der Waals surface area contributed by atoms with E-state index in [2.05, 4.69) is 28.3 Å². The Kier molecular flexibility index (Phi) is 5.40. The summed E-state index contributed by atoms with van der Waals surface area (Å²) in [7, 11) is 0. The van der Waals surface area contributed by atoms with Crippen molar-refractivity contribution in [3.63, 3.8) is 0 Å². The van der Waals surface area contributed by atoms with Gasteiger partial charge in [-0.15, -0.1) is 0 Å². The fourth-order valence-electron chi connectivity index (χ4n) is 5.98. The maximum atomic E-state index is 13.9. The minimum Gasteiger partial charge on any atom is -0.369 e. The first-order valence-corrected chi connectivity index (χ1v) is 12.3. The Morgan fingerprint density at radius 3 is 2.62 bits per heavy atom. The van der Waals surface area contributed by atoms with Gasteiger partial charge in [0.2, 0.25) is 11.7 Å². The molecule has 37 heavy (non-hydrogen) atoms. The number of nitrogens with two attached hydrogens (primary N) is 1. The number of carbonyl (C=O) groups is 2. The Morgan fingerprint density at radius 1 is 1.05 bits per heavy atom. The minimum atomic E-state index is -0.437. The second kappa shape index (κ2) is 8.65. The van der Waals surface area contributed by atoms with Crippen LogP contribution in [0.1, 0.15) is 23.1 Å². The van der Waals surface area contributed by atoms with E-state index in [1.165, 1.54) is 6.07 Å². The SMILES string of the molecule is Cc1cc(-c2ncccc2-c2ccc3cnc(C(=O)N[C@@H]4C5C=CC(C5C)[C@@H]4C(N)=O)n3c2)ccc1F. The lowest BCUT2D eigenvalue weighted by atomic mass is 9.88. The quantitative estimate of drug-likeness (QED) is 0.406. The van der Waals surface area contributed by atoms with Crippen molar-refractivity contribution in [1.82, 2.24) is 19.7 Å². The average Bonchev–Trinajstić information content (AvgIpc) is 3.56. The lowest BCUT2D eigenvalue weighted by Crippen LogP contribution is -2.48. The van der Waals surface area contributed by atoms with Crippen LogP contribution in [0.3, 0.4) is 0 Å². The number of nitrogens with one attached hydrogen (secondary N) is 1. The molecule has 1 aromatic carbocycles. The number of fused-ring (bicyclic) bond motifs is 3. The first-order chi connectivity index (χ1) is 17.8. The number of rotatable bonds is 5. The molecule has 1 fully saturated rings.